The monoisotopic (exact) mass is 421 g/mol. The van der Waals surface area contributed by atoms with Crippen LogP contribution in [0.25, 0.3) is 21.5 Å². The Morgan fingerprint density at radius 2 is 2.13 bits per heavy atom. The number of pyridine rings is 1. The summed E-state index contributed by atoms with van der Waals surface area (Å²) in [4.78, 5) is 33.6. The van der Waals surface area contributed by atoms with Crippen molar-refractivity contribution in [3.8, 4) is 17.0 Å². The Hall–Kier alpha value is -3.59. The molecule has 30 heavy (non-hydrogen) atoms. The fourth-order valence-corrected chi connectivity index (χ4v) is 3.80. The number of rotatable bonds is 6. The Morgan fingerprint density at radius 1 is 1.27 bits per heavy atom. The van der Waals surface area contributed by atoms with E-state index in [0.29, 0.717) is 17.4 Å². The van der Waals surface area contributed by atoms with Crippen LogP contribution in [0.3, 0.4) is 0 Å². The third-order valence-corrected chi connectivity index (χ3v) is 5.36. The predicted octanol–water partition coefficient (Wildman–Crippen LogP) is 3.51. The molecule has 1 N–H and O–H groups in total. The second-order valence-corrected chi connectivity index (χ2v) is 7.52. The van der Waals surface area contributed by atoms with Gasteiger partial charge in [0.25, 0.3) is 11.5 Å². The molecule has 1 aromatic carbocycles. The van der Waals surface area contributed by atoms with Gasteiger partial charge in [0, 0.05) is 24.0 Å². The van der Waals surface area contributed by atoms with Gasteiger partial charge in [0.05, 0.1) is 22.5 Å². The number of ether oxygens (including phenoxy) is 1. The quantitative estimate of drug-likeness (QED) is 0.511. The molecule has 0 fully saturated rings. The van der Waals surface area contributed by atoms with Crippen molar-refractivity contribution < 1.29 is 9.53 Å². The molecule has 0 saturated carbocycles. The number of carbonyl (C=O) groups is 1. The number of amides is 1. The van der Waals surface area contributed by atoms with E-state index in [1.807, 2.05) is 31.2 Å². The zero-order chi connectivity index (χ0) is 21.1. The summed E-state index contributed by atoms with van der Waals surface area (Å²) in [6.45, 7) is 4.12. The lowest BCUT2D eigenvalue weighted by atomic mass is 10.2. The molecule has 1 amide bonds. The number of fused-ring (bicyclic) bond motifs is 1. The minimum absolute atomic E-state index is 0.365. The number of thiazole rings is 1. The molecule has 0 saturated heterocycles. The molecule has 1 unspecified atom stereocenters. The first-order valence-electron chi connectivity index (χ1n) is 9.39. The summed E-state index contributed by atoms with van der Waals surface area (Å²) >= 11 is 1.34. The molecule has 4 aromatic rings. The maximum absolute atomic E-state index is 12.8. The van der Waals surface area contributed by atoms with Gasteiger partial charge in [-0.2, -0.15) is 5.10 Å². The highest BCUT2D eigenvalue weighted by Gasteiger charge is 2.20. The fourth-order valence-electron chi connectivity index (χ4n) is 2.91. The Kier molecular flexibility index (Phi) is 5.53. The van der Waals surface area contributed by atoms with E-state index in [1.54, 1.807) is 31.5 Å². The Labute approximate surface area is 176 Å². The van der Waals surface area contributed by atoms with Crippen LogP contribution < -0.4 is 15.6 Å². The molecule has 0 bridgehead atoms. The molecule has 152 valence electrons. The van der Waals surface area contributed by atoms with Crippen molar-refractivity contribution in [2.24, 2.45) is 0 Å². The average Bonchev–Trinajstić information content (AvgIpc) is 3.16. The lowest BCUT2D eigenvalue weighted by Crippen LogP contribution is -2.33. The maximum atomic E-state index is 12.8. The summed E-state index contributed by atoms with van der Waals surface area (Å²) in [6.07, 6.45) is 3.31. The standard InChI is InChI=1S/C21H19N5O3S/c1-3-29-15-6-7-17-18(11-15)30-21(23-17)24-20(28)13(2)26-19(27)9-8-16(25-26)14-5-4-10-22-12-14/h4-13H,3H2,1-2H3,(H,23,24,28). The van der Waals surface area contributed by atoms with Crippen LogP contribution in [-0.4, -0.2) is 32.3 Å². The second kappa shape index (κ2) is 8.42. The minimum Gasteiger partial charge on any atom is -0.494 e. The Balaban J connectivity index is 1.56. The number of carbonyl (C=O) groups excluding carboxylic acids is 1. The van der Waals surface area contributed by atoms with Gasteiger partial charge >= 0.3 is 0 Å². The lowest BCUT2D eigenvalue weighted by molar-refractivity contribution is -0.119. The smallest absolute Gasteiger partial charge is 0.267 e. The van der Waals surface area contributed by atoms with E-state index in [-0.39, 0.29) is 11.5 Å². The van der Waals surface area contributed by atoms with Gasteiger partial charge in [-0.1, -0.05) is 11.3 Å². The SMILES string of the molecule is CCOc1ccc2nc(NC(=O)C(C)n3nc(-c4cccnc4)ccc3=O)sc2c1. The number of hydrogen-bond acceptors (Lipinski definition) is 7. The van der Waals surface area contributed by atoms with E-state index >= 15 is 0 Å². The van der Waals surface area contributed by atoms with Gasteiger partial charge in [0.15, 0.2) is 5.13 Å². The third kappa shape index (κ3) is 4.06. The van der Waals surface area contributed by atoms with E-state index in [0.717, 1.165) is 26.2 Å². The van der Waals surface area contributed by atoms with Crippen LogP contribution in [0.15, 0.2) is 59.7 Å². The number of hydrogen-bond donors (Lipinski definition) is 1. The van der Waals surface area contributed by atoms with Crippen molar-refractivity contribution in [2.75, 3.05) is 11.9 Å². The van der Waals surface area contributed by atoms with Crippen LogP contribution >= 0.6 is 11.3 Å². The van der Waals surface area contributed by atoms with Crippen LogP contribution in [-0.2, 0) is 4.79 Å². The van der Waals surface area contributed by atoms with Gasteiger partial charge in [-0.25, -0.2) is 9.67 Å². The highest BCUT2D eigenvalue weighted by molar-refractivity contribution is 7.22. The number of nitrogens with one attached hydrogen (secondary N) is 1. The van der Waals surface area contributed by atoms with E-state index in [1.165, 1.54) is 17.4 Å². The number of nitrogens with zero attached hydrogens (tertiary/aromatic N) is 4. The molecular formula is C21H19N5O3S. The Morgan fingerprint density at radius 3 is 2.90 bits per heavy atom. The van der Waals surface area contributed by atoms with Gasteiger partial charge in [-0.05, 0) is 50.2 Å². The molecule has 0 spiro atoms. The van der Waals surface area contributed by atoms with Crippen molar-refractivity contribution in [2.45, 2.75) is 19.9 Å². The molecule has 0 aliphatic carbocycles. The highest BCUT2D eigenvalue weighted by Crippen LogP contribution is 2.29. The van der Waals surface area contributed by atoms with Crippen LogP contribution in [0.4, 0.5) is 5.13 Å². The molecule has 0 aliphatic heterocycles. The summed E-state index contributed by atoms with van der Waals surface area (Å²) in [5.41, 5.74) is 1.72. The second-order valence-electron chi connectivity index (χ2n) is 6.49. The fraction of sp³-hybridized carbons (Fsp3) is 0.190. The highest BCUT2D eigenvalue weighted by atomic mass is 32.1. The average molecular weight is 421 g/mol. The summed E-state index contributed by atoms with van der Waals surface area (Å²) < 4.78 is 7.57. The minimum atomic E-state index is -0.819. The molecule has 8 nitrogen and oxygen atoms in total. The summed E-state index contributed by atoms with van der Waals surface area (Å²) in [5.74, 6) is 0.375. The van der Waals surface area contributed by atoms with Gasteiger partial charge in [-0.3, -0.25) is 14.6 Å². The zero-order valence-corrected chi connectivity index (χ0v) is 17.2. The van der Waals surface area contributed by atoms with Crippen molar-refractivity contribution in [1.29, 1.82) is 0 Å². The topological polar surface area (TPSA) is 99.0 Å². The van der Waals surface area contributed by atoms with E-state index < -0.39 is 6.04 Å². The lowest BCUT2D eigenvalue weighted by Gasteiger charge is -2.13. The molecule has 4 rings (SSSR count). The number of benzene rings is 1. The first-order valence-corrected chi connectivity index (χ1v) is 10.2. The molecule has 0 aliphatic rings. The van der Waals surface area contributed by atoms with Crippen molar-refractivity contribution in [3.63, 3.8) is 0 Å². The van der Waals surface area contributed by atoms with E-state index in [9.17, 15) is 9.59 Å². The normalized spacial score (nSPS) is 11.9. The van der Waals surface area contributed by atoms with E-state index in [4.69, 9.17) is 4.74 Å². The van der Waals surface area contributed by atoms with Gasteiger partial charge < -0.3 is 10.1 Å². The summed E-state index contributed by atoms with van der Waals surface area (Å²) in [6, 6.07) is 11.4. The predicted molar refractivity (Wildman–Crippen MR) is 116 cm³/mol. The van der Waals surface area contributed by atoms with Crippen molar-refractivity contribution in [1.82, 2.24) is 19.7 Å². The van der Waals surface area contributed by atoms with Gasteiger partial charge in [0.1, 0.15) is 11.8 Å². The number of anilines is 1. The van der Waals surface area contributed by atoms with Crippen LogP contribution in [0.2, 0.25) is 0 Å². The molecule has 3 aromatic heterocycles. The van der Waals surface area contributed by atoms with Gasteiger partial charge in [0.2, 0.25) is 0 Å². The van der Waals surface area contributed by atoms with Crippen LogP contribution in [0.5, 0.6) is 5.75 Å². The molecule has 1 atom stereocenters. The molecule has 9 heteroatoms. The van der Waals surface area contributed by atoms with Crippen molar-refractivity contribution in [3.05, 3.63) is 65.2 Å². The van der Waals surface area contributed by atoms with E-state index in [2.05, 4.69) is 20.4 Å². The summed E-state index contributed by atoms with van der Waals surface area (Å²) in [7, 11) is 0. The largest absolute Gasteiger partial charge is 0.494 e. The van der Waals surface area contributed by atoms with Crippen LogP contribution in [0, 0.1) is 0 Å². The molecule has 3 heterocycles. The van der Waals surface area contributed by atoms with Crippen molar-refractivity contribution >= 4 is 32.6 Å². The first-order chi connectivity index (χ1) is 14.5. The maximum Gasteiger partial charge on any atom is 0.267 e. The third-order valence-electron chi connectivity index (χ3n) is 4.43. The molecule has 0 radical (unpaired) electrons. The molecular weight excluding hydrogens is 402 g/mol. The van der Waals surface area contributed by atoms with Crippen LogP contribution in [0.1, 0.15) is 19.9 Å². The summed E-state index contributed by atoms with van der Waals surface area (Å²) in [5, 5.41) is 7.58. The van der Waals surface area contributed by atoms with Gasteiger partial charge in [-0.15, -0.1) is 0 Å². The zero-order valence-electron chi connectivity index (χ0n) is 16.4. The first kappa shape index (κ1) is 19.7. The number of aromatic nitrogens is 4. The Bertz CT molecular complexity index is 1250.